The third kappa shape index (κ3) is 3.91. The van der Waals surface area contributed by atoms with Gasteiger partial charge in [0.1, 0.15) is 11.6 Å². The quantitative estimate of drug-likeness (QED) is 0.620. The molecule has 1 fully saturated rings. The number of nitrogens with zero attached hydrogens (tertiary/aromatic N) is 1. The van der Waals surface area contributed by atoms with Crippen LogP contribution in [0.2, 0.25) is 0 Å². The zero-order chi connectivity index (χ0) is 23.1. The van der Waals surface area contributed by atoms with Gasteiger partial charge in [0.25, 0.3) is 0 Å². The Kier molecular flexibility index (Phi) is 5.89. The van der Waals surface area contributed by atoms with Gasteiger partial charge in [-0.05, 0) is 71.7 Å². The normalized spacial score (nSPS) is 25.0. The lowest BCUT2D eigenvalue weighted by molar-refractivity contribution is -0.131. The standard InChI is InChI=1S/C27H27F2NO3/c1-2-18-14-21-20-6-4-3-5-17(20)13-22(21)27(30(18)19-9-10-33-15-19)26-23(28)11-16(12-24(26)29)7-8-25(31)32/h3-8,11-12,18-19,27H,2,9-10,13-15H2,1H3,(H,31,32)/b8-7+. The molecule has 6 heteroatoms. The summed E-state index contributed by atoms with van der Waals surface area (Å²) in [5.74, 6) is -2.45. The summed E-state index contributed by atoms with van der Waals surface area (Å²) in [6.07, 6.45) is 5.35. The van der Waals surface area contributed by atoms with E-state index >= 15 is 8.78 Å². The van der Waals surface area contributed by atoms with Crippen LogP contribution in [0.1, 0.15) is 54.5 Å². The van der Waals surface area contributed by atoms with Gasteiger partial charge in [0.05, 0.1) is 12.6 Å². The molecule has 3 atom stereocenters. The summed E-state index contributed by atoms with van der Waals surface area (Å²) in [6.45, 7) is 3.34. The zero-order valence-electron chi connectivity index (χ0n) is 18.6. The maximum absolute atomic E-state index is 15.6. The molecule has 5 rings (SSSR count). The summed E-state index contributed by atoms with van der Waals surface area (Å²) in [6, 6.07) is 10.4. The van der Waals surface area contributed by atoms with E-state index in [1.165, 1.54) is 34.9 Å². The second kappa shape index (κ2) is 8.84. The van der Waals surface area contributed by atoms with Crippen molar-refractivity contribution in [1.29, 1.82) is 0 Å². The van der Waals surface area contributed by atoms with Gasteiger partial charge in [-0.3, -0.25) is 4.90 Å². The van der Waals surface area contributed by atoms with Crippen LogP contribution >= 0.6 is 0 Å². The predicted molar refractivity (Wildman–Crippen MR) is 123 cm³/mol. The summed E-state index contributed by atoms with van der Waals surface area (Å²) < 4.78 is 36.9. The zero-order valence-corrected chi connectivity index (χ0v) is 18.6. The number of benzene rings is 2. The highest BCUT2D eigenvalue weighted by atomic mass is 19.1. The van der Waals surface area contributed by atoms with Gasteiger partial charge >= 0.3 is 5.97 Å². The minimum absolute atomic E-state index is 0.0489. The Hall–Kier alpha value is -2.83. The van der Waals surface area contributed by atoms with Crippen molar-refractivity contribution in [3.8, 4) is 0 Å². The van der Waals surface area contributed by atoms with Crippen LogP contribution in [0.15, 0.2) is 48.0 Å². The molecule has 4 nitrogen and oxygen atoms in total. The van der Waals surface area contributed by atoms with Crippen LogP contribution in [0.4, 0.5) is 8.78 Å². The van der Waals surface area contributed by atoms with E-state index in [9.17, 15) is 4.79 Å². The van der Waals surface area contributed by atoms with Crippen molar-refractivity contribution in [2.24, 2.45) is 0 Å². The van der Waals surface area contributed by atoms with Gasteiger partial charge in [-0.1, -0.05) is 31.2 Å². The first kappa shape index (κ1) is 22.0. The first-order valence-electron chi connectivity index (χ1n) is 11.5. The van der Waals surface area contributed by atoms with Crippen LogP contribution in [0.5, 0.6) is 0 Å². The van der Waals surface area contributed by atoms with Crippen molar-refractivity contribution in [2.75, 3.05) is 13.2 Å². The smallest absolute Gasteiger partial charge is 0.328 e. The van der Waals surface area contributed by atoms with Crippen molar-refractivity contribution in [2.45, 2.75) is 50.7 Å². The van der Waals surface area contributed by atoms with E-state index in [4.69, 9.17) is 9.84 Å². The fraction of sp³-hybridized carbons (Fsp3) is 0.370. The van der Waals surface area contributed by atoms with Crippen molar-refractivity contribution < 1.29 is 23.4 Å². The van der Waals surface area contributed by atoms with Crippen molar-refractivity contribution in [3.63, 3.8) is 0 Å². The highest BCUT2D eigenvalue weighted by molar-refractivity contribution is 5.85. The van der Waals surface area contributed by atoms with Crippen LogP contribution in [0.25, 0.3) is 11.6 Å². The van der Waals surface area contributed by atoms with Crippen LogP contribution in [0.3, 0.4) is 0 Å². The topological polar surface area (TPSA) is 49.8 Å². The fourth-order valence-electron chi connectivity index (χ4n) is 5.76. The lowest BCUT2D eigenvalue weighted by Crippen LogP contribution is -2.49. The highest BCUT2D eigenvalue weighted by Crippen LogP contribution is 2.51. The lowest BCUT2D eigenvalue weighted by Gasteiger charge is -2.46. The SMILES string of the molecule is CCC1CC2=C(Cc3ccccc32)C(c2c(F)cc(/C=C/C(=O)O)cc2F)N1C1CCOC1. The monoisotopic (exact) mass is 451 g/mol. The second-order valence-corrected chi connectivity index (χ2v) is 9.04. The number of hydrogen-bond donors (Lipinski definition) is 1. The van der Waals surface area contributed by atoms with Crippen molar-refractivity contribution in [1.82, 2.24) is 4.90 Å². The number of fused-ring (bicyclic) bond motifs is 2. The van der Waals surface area contributed by atoms with Gasteiger partial charge in [-0.2, -0.15) is 0 Å². The van der Waals surface area contributed by atoms with Crippen LogP contribution in [-0.2, 0) is 16.0 Å². The van der Waals surface area contributed by atoms with Gasteiger partial charge in [0.2, 0.25) is 0 Å². The Morgan fingerprint density at radius 2 is 2.00 bits per heavy atom. The first-order chi connectivity index (χ1) is 16.0. The molecule has 2 heterocycles. The Morgan fingerprint density at radius 3 is 2.67 bits per heavy atom. The third-order valence-corrected chi connectivity index (χ3v) is 7.19. The van der Waals surface area contributed by atoms with Crippen LogP contribution in [-0.4, -0.2) is 41.3 Å². The predicted octanol–water partition coefficient (Wildman–Crippen LogP) is 5.39. The van der Waals surface area contributed by atoms with Gasteiger partial charge in [0, 0.05) is 30.3 Å². The number of rotatable bonds is 5. The molecular weight excluding hydrogens is 424 g/mol. The Morgan fingerprint density at radius 1 is 1.24 bits per heavy atom. The van der Waals surface area contributed by atoms with E-state index in [1.807, 2.05) is 12.1 Å². The number of aliphatic carboxylic acids is 1. The maximum Gasteiger partial charge on any atom is 0.328 e. The average Bonchev–Trinajstić information content (AvgIpc) is 3.44. The molecule has 0 amide bonds. The summed E-state index contributed by atoms with van der Waals surface area (Å²) in [4.78, 5) is 13.1. The molecule has 33 heavy (non-hydrogen) atoms. The number of ether oxygens (including phenoxy) is 1. The molecule has 0 spiro atoms. The molecule has 0 saturated carbocycles. The number of carboxylic acid groups (broad SMARTS) is 1. The van der Waals surface area contributed by atoms with Crippen molar-refractivity contribution in [3.05, 3.63) is 81.9 Å². The molecule has 3 aliphatic rings. The molecule has 1 saturated heterocycles. The Balaban J connectivity index is 1.66. The van der Waals surface area contributed by atoms with Gasteiger partial charge < -0.3 is 9.84 Å². The Bertz CT molecular complexity index is 1130. The molecule has 2 aromatic carbocycles. The molecule has 3 unspecified atom stereocenters. The van der Waals surface area contributed by atoms with Crippen LogP contribution in [0, 0.1) is 11.6 Å². The second-order valence-electron chi connectivity index (χ2n) is 9.04. The third-order valence-electron chi connectivity index (χ3n) is 7.19. The summed E-state index contributed by atoms with van der Waals surface area (Å²) in [5, 5.41) is 8.87. The minimum Gasteiger partial charge on any atom is -0.478 e. The minimum atomic E-state index is -1.16. The van der Waals surface area contributed by atoms with E-state index in [1.54, 1.807) is 0 Å². The lowest BCUT2D eigenvalue weighted by atomic mass is 9.82. The summed E-state index contributed by atoms with van der Waals surface area (Å²) >= 11 is 0. The van der Waals surface area contributed by atoms with Gasteiger partial charge in [-0.15, -0.1) is 0 Å². The van der Waals surface area contributed by atoms with E-state index in [0.29, 0.717) is 19.6 Å². The van der Waals surface area contributed by atoms with E-state index < -0.39 is 23.6 Å². The fourth-order valence-corrected chi connectivity index (χ4v) is 5.76. The molecule has 1 aliphatic carbocycles. The molecule has 1 N–H and O–H groups in total. The summed E-state index contributed by atoms with van der Waals surface area (Å²) in [7, 11) is 0. The number of hydrogen-bond acceptors (Lipinski definition) is 3. The van der Waals surface area contributed by atoms with Gasteiger partial charge in [0.15, 0.2) is 0 Å². The molecule has 0 bridgehead atoms. The molecule has 0 radical (unpaired) electrons. The van der Waals surface area contributed by atoms with Crippen molar-refractivity contribution >= 4 is 17.6 Å². The van der Waals surface area contributed by atoms with Crippen LogP contribution < -0.4 is 0 Å². The van der Waals surface area contributed by atoms with Gasteiger partial charge in [-0.25, -0.2) is 13.6 Å². The first-order valence-corrected chi connectivity index (χ1v) is 11.5. The average molecular weight is 452 g/mol. The molecule has 0 aromatic heterocycles. The van der Waals surface area contributed by atoms with E-state index in [0.717, 1.165) is 30.9 Å². The summed E-state index contributed by atoms with van der Waals surface area (Å²) in [5.41, 5.74) is 4.92. The highest BCUT2D eigenvalue weighted by Gasteiger charge is 2.45. The number of halogens is 2. The van der Waals surface area contributed by atoms with E-state index in [-0.39, 0.29) is 23.2 Å². The largest absolute Gasteiger partial charge is 0.478 e. The number of carboxylic acids is 1. The molecule has 2 aliphatic heterocycles. The molecular formula is C27H27F2NO3. The molecule has 2 aromatic rings. The van der Waals surface area contributed by atoms with E-state index in [2.05, 4.69) is 24.0 Å². The number of carbonyl (C=O) groups is 1. The molecule has 172 valence electrons. The maximum atomic E-state index is 15.6. The Labute approximate surface area is 192 Å².